The largest absolute Gasteiger partial charge is 0.461 e. The SMILES string of the molecule is C=CCOC(=O)C1(C)CCC2OC2C1. The number of carbonyl (C=O) groups is 1. The van der Waals surface area contributed by atoms with Gasteiger partial charge in [-0.25, -0.2) is 0 Å². The van der Waals surface area contributed by atoms with E-state index in [1.54, 1.807) is 6.08 Å². The third-order valence-corrected chi connectivity index (χ3v) is 3.15. The van der Waals surface area contributed by atoms with Crippen LogP contribution in [0.3, 0.4) is 0 Å². The van der Waals surface area contributed by atoms with Crippen molar-refractivity contribution in [2.45, 2.75) is 38.4 Å². The smallest absolute Gasteiger partial charge is 0.312 e. The van der Waals surface area contributed by atoms with Gasteiger partial charge in [0, 0.05) is 0 Å². The average Bonchev–Trinajstić information content (AvgIpc) is 2.91. The second-order valence-electron chi connectivity index (χ2n) is 4.40. The number of ether oxygens (including phenoxy) is 2. The van der Waals surface area contributed by atoms with Crippen LogP contribution in [0.1, 0.15) is 26.2 Å². The van der Waals surface area contributed by atoms with E-state index in [4.69, 9.17) is 9.47 Å². The molecule has 3 heteroatoms. The molecule has 1 heterocycles. The zero-order valence-corrected chi connectivity index (χ0v) is 8.49. The first-order valence-electron chi connectivity index (χ1n) is 5.09. The minimum atomic E-state index is -0.333. The first kappa shape index (κ1) is 9.71. The summed E-state index contributed by atoms with van der Waals surface area (Å²) >= 11 is 0. The van der Waals surface area contributed by atoms with Crippen LogP contribution in [0, 0.1) is 5.41 Å². The highest BCUT2D eigenvalue weighted by atomic mass is 16.6. The molecule has 0 amide bonds. The Bertz CT molecular complexity index is 261. The maximum Gasteiger partial charge on any atom is 0.312 e. The van der Waals surface area contributed by atoms with Gasteiger partial charge in [0.05, 0.1) is 17.6 Å². The predicted octanol–water partition coefficient (Wildman–Crippen LogP) is 1.67. The lowest BCUT2D eigenvalue weighted by Gasteiger charge is -2.28. The molecule has 2 aliphatic rings. The summed E-state index contributed by atoms with van der Waals surface area (Å²) in [5.74, 6) is -0.105. The van der Waals surface area contributed by atoms with Crippen molar-refractivity contribution >= 4 is 5.97 Å². The van der Waals surface area contributed by atoms with Crippen molar-refractivity contribution in [2.75, 3.05) is 6.61 Å². The zero-order chi connectivity index (χ0) is 10.2. The number of hydrogen-bond donors (Lipinski definition) is 0. The van der Waals surface area contributed by atoms with Crippen molar-refractivity contribution in [1.82, 2.24) is 0 Å². The Hall–Kier alpha value is -0.830. The molecule has 1 aliphatic heterocycles. The van der Waals surface area contributed by atoms with E-state index in [-0.39, 0.29) is 11.4 Å². The highest BCUT2D eigenvalue weighted by Crippen LogP contribution is 2.46. The molecule has 0 aromatic carbocycles. The molecule has 0 radical (unpaired) electrons. The number of rotatable bonds is 3. The van der Waals surface area contributed by atoms with Gasteiger partial charge in [0.15, 0.2) is 0 Å². The molecule has 78 valence electrons. The van der Waals surface area contributed by atoms with Crippen LogP contribution in [0.5, 0.6) is 0 Å². The van der Waals surface area contributed by atoms with Crippen LogP contribution in [0.25, 0.3) is 0 Å². The van der Waals surface area contributed by atoms with Gasteiger partial charge in [0.1, 0.15) is 6.61 Å². The van der Waals surface area contributed by atoms with E-state index in [0.717, 1.165) is 19.3 Å². The van der Waals surface area contributed by atoms with Gasteiger partial charge in [-0.2, -0.15) is 0 Å². The molecule has 1 saturated heterocycles. The third kappa shape index (κ3) is 1.69. The standard InChI is InChI=1S/C11H16O3/c1-3-6-13-10(12)11(2)5-4-8-9(7-11)14-8/h3,8-9H,1,4-7H2,2H3. The molecule has 14 heavy (non-hydrogen) atoms. The van der Waals surface area contributed by atoms with Crippen molar-refractivity contribution in [1.29, 1.82) is 0 Å². The summed E-state index contributed by atoms with van der Waals surface area (Å²) in [6.07, 6.45) is 5.02. The molecule has 1 saturated carbocycles. The fourth-order valence-electron chi connectivity index (χ4n) is 2.11. The molecular formula is C11H16O3. The highest BCUT2D eigenvalue weighted by Gasteiger charge is 2.52. The van der Waals surface area contributed by atoms with Crippen molar-refractivity contribution in [2.24, 2.45) is 5.41 Å². The van der Waals surface area contributed by atoms with Crippen LogP contribution in [0.4, 0.5) is 0 Å². The van der Waals surface area contributed by atoms with E-state index < -0.39 is 0 Å². The second-order valence-corrected chi connectivity index (χ2v) is 4.40. The number of carbonyl (C=O) groups excluding carboxylic acids is 1. The van der Waals surface area contributed by atoms with Gasteiger partial charge in [-0.1, -0.05) is 12.7 Å². The van der Waals surface area contributed by atoms with Crippen LogP contribution in [-0.4, -0.2) is 24.8 Å². The Balaban J connectivity index is 1.93. The number of fused-ring (bicyclic) bond motifs is 1. The van der Waals surface area contributed by atoms with Crippen molar-refractivity contribution in [3.63, 3.8) is 0 Å². The minimum absolute atomic E-state index is 0.105. The maximum atomic E-state index is 11.7. The number of hydrogen-bond acceptors (Lipinski definition) is 3. The zero-order valence-electron chi connectivity index (χ0n) is 8.49. The lowest BCUT2D eigenvalue weighted by molar-refractivity contribution is -0.155. The van der Waals surface area contributed by atoms with Gasteiger partial charge in [-0.05, 0) is 26.2 Å². The topological polar surface area (TPSA) is 38.8 Å². The second kappa shape index (κ2) is 3.39. The van der Waals surface area contributed by atoms with Gasteiger partial charge in [0.2, 0.25) is 0 Å². The quantitative estimate of drug-likeness (QED) is 0.391. The molecule has 2 fully saturated rings. The molecule has 3 nitrogen and oxygen atoms in total. The Kier molecular flexibility index (Phi) is 2.35. The molecule has 1 aliphatic carbocycles. The minimum Gasteiger partial charge on any atom is -0.461 e. The lowest BCUT2D eigenvalue weighted by Crippen LogP contribution is -2.34. The van der Waals surface area contributed by atoms with Gasteiger partial charge in [0.25, 0.3) is 0 Å². The summed E-state index contributed by atoms with van der Waals surface area (Å²) in [6, 6.07) is 0. The Morgan fingerprint density at radius 2 is 2.50 bits per heavy atom. The molecule has 0 spiro atoms. The number of epoxide rings is 1. The normalized spacial score (nSPS) is 39.8. The van der Waals surface area contributed by atoms with Crippen LogP contribution in [0.2, 0.25) is 0 Å². The lowest BCUT2D eigenvalue weighted by atomic mass is 9.76. The molecule has 0 bridgehead atoms. The fraction of sp³-hybridized carbons (Fsp3) is 0.727. The fourth-order valence-corrected chi connectivity index (χ4v) is 2.11. The molecule has 2 rings (SSSR count). The van der Waals surface area contributed by atoms with E-state index in [2.05, 4.69) is 6.58 Å². The third-order valence-electron chi connectivity index (χ3n) is 3.15. The van der Waals surface area contributed by atoms with Crippen LogP contribution >= 0.6 is 0 Å². The molecule has 3 unspecified atom stereocenters. The predicted molar refractivity (Wildman–Crippen MR) is 51.8 cm³/mol. The van der Waals surface area contributed by atoms with Gasteiger partial charge in [-0.3, -0.25) is 4.79 Å². The van der Waals surface area contributed by atoms with Gasteiger partial charge < -0.3 is 9.47 Å². The first-order chi connectivity index (χ1) is 6.65. The molecule has 3 atom stereocenters. The summed E-state index contributed by atoms with van der Waals surface area (Å²) in [7, 11) is 0. The van der Waals surface area contributed by atoms with E-state index in [0.29, 0.717) is 18.8 Å². The van der Waals surface area contributed by atoms with E-state index in [9.17, 15) is 4.79 Å². The maximum absolute atomic E-state index is 11.7. The van der Waals surface area contributed by atoms with Gasteiger partial charge >= 0.3 is 5.97 Å². The Morgan fingerprint density at radius 3 is 3.14 bits per heavy atom. The van der Waals surface area contributed by atoms with Crippen LogP contribution < -0.4 is 0 Å². The van der Waals surface area contributed by atoms with E-state index in [1.165, 1.54) is 0 Å². The highest BCUT2D eigenvalue weighted by molar-refractivity contribution is 5.76. The Morgan fingerprint density at radius 1 is 1.71 bits per heavy atom. The Labute approximate surface area is 84.1 Å². The molecule has 0 N–H and O–H groups in total. The van der Waals surface area contributed by atoms with Crippen LogP contribution in [0.15, 0.2) is 12.7 Å². The summed E-state index contributed by atoms with van der Waals surface area (Å²) in [5.41, 5.74) is -0.333. The number of esters is 1. The molecule has 0 aromatic heterocycles. The van der Waals surface area contributed by atoms with Crippen molar-refractivity contribution in [3.05, 3.63) is 12.7 Å². The summed E-state index contributed by atoms with van der Waals surface area (Å²) in [6.45, 7) is 5.80. The first-order valence-corrected chi connectivity index (χ1v) is 5.09. The van der Waals surface area contributed by atoms with E-state index >= 15 is 0 Å². The summed E-state index contributed by atoms with van der Waals surface area (Å²) < 4.78 is 10.5. The summed E-state index contributed by atoms with van der Waals surface area (Å²) in [4.78, 5) is 11.7. The summed E-state index contributed by atoms with van der Waals surface area (Å²) in [5, 5.41) is 0. The molecular weight excluding hydrogens is 180 g/mol. The van der Waals surface area contributed by atoms with E-state index in [1.807, 2.05) is 6.92 Å². The van der Waals surface area contributed by atoms with Crippen molar-refractivity contribution in [3.8, 4) is 0 Å². The van der Waals surface area contributed by atoms with Crippen LogP contribution in [-0.2, 0) is 14.3 Å². The van der Waals surface area contributed by atoms with Gasteiger partial charge in [-0.15, -0.1) is 0 Å². The monoisotopic (exact) mass is 196 g/mol. The van der Waals surface area contributed by atoms with Crippen molar-refractivity contribution < 1.29 is 14.3 Å². The molecule has 0 aromatic rings. The average molecular weight is 196 g/mol.